The van der Waals surface area contributed by atoms with Crippen LogP contribution in [0.3, 0.4) is 0 Å². The van der Waals surface area contributed by atoms with Gasteiger partial charge in [-0.1, -0.05) is 20.8 Å². The summed E-state index contributed by atoms with van der Waals surface area (Å²) in [7, 11) is 1.99. The molecular formula is C12H21N3. The third kappa shape index (κ3) is 3.59. The molecule has 1 aromatic rings. The van der Waals surface area contributed by atoms with E-state index < -0.39 is 0 Å². The lowest BCUT2D eigenvalue weighted by Gasteiger charge is -2.29. The fourth-order valence-electron chi connectivity index (χ4n) is 1.62. The van der Waals surface area contributed by atoms with Crippen molar-refractivity contribution in [2.45, 2.75) is 40.2 Å². The van der Waals surface area contributed by atoms with Crippen LogP contribution in [0.25, 0.3) is 0 Å². The monoisotopic (exact) mass is 207 g/mol. The van der Waals surface area contributed by atoms with Crippen molar-refractivity contribution in [3.8, 4) is 0 Å². The van der Waals surface area contributed by atoms with Crippen LogP contribution in [-0.4, -0.2) is 23.1 Å². The summed E-state index contributed by atoms with van der Waals surface area (Å²) in [5, 5.41) is 3.33. The molecule has 0 fully saturated rings. The van der Waals surface area contributed by atoms with Crippen LogP contribution in [-0.2, 0) is 6.42 Å². The van der Waals surface area contributed by atoms with Gasteiger partial charge in [0.15, 0.2) is 0 Å². The summed E-state index contributed by atoms with van der Waals surface area (Å²) in [6.45, 7) is 8.68. The molecule has 0 aliphatic rings. The maximum Gasteiger partial charge on any atom is 0.130 e. The number of rotatable bonds is 3. The van der Waals surface area contributed by atoms with Crippen LogP contribution in [0.15, 0.2) is 12.3 Å². The molecule has 0 aliphatic heterocycles. The number of nitrogens with one attached hydrogen (secondary N) is 1. The highest BCUT2D eigenvalue weighted by molar-refractivity contribution is 5.02. The molecule has 1 rings (SSSR count). The summed E-state index contributed by atoms with van der Waals surface area (Å²) in [6.07, 6.45) is 2.70. The lowest BCUT2D eigenvalue weighted by molar-refractivity contribution is 0.276. The van der Waals surface area contributed by atoms with Gasteiger partial charge >= 0.3 is 0 Å². The molecule has 1 unspecified atom stereocenters. The molecule has 0 saturated carbocycles. The third-order valence-corrected chi connectivity index (χ3v) is 2.63. The largest absolute Gasteiger partial charge is 0.316 e. The Labute approximate surface area is 92.3 Å². The van der Waals surface area contributed by atoms with Crippen molar-refractivity contribution in [1.29, 1.82) is 0 Å². The number of likely N-dealkylation sites (N-methyl/N-ethyl adjacent to an activating group) is 1. The summed E-state index contributed by atoms with van der Waals surface area (Å²) >= 11 is 0. The second kappa shape index (κ2) is 4.71. The van der Waals surface area contributed by atoms with Gasteiger partial charge in [0.1, 0.15) is 5.82 Å². The first-order valence-electron chi connectivity index (χ1n) is 5.39. The fraction of sp³-hybridized carbons (Fsp3) is 0.667. The molecule has 0 spiro atoms. The summed E-state index contributed by atoms with van der Waals surface area (Å²) < 4.78 is 0. The average Bonchev–Trinajstić information content (AvgIpc) is 2.12. The van der Waals surface area contributed by atoms with E-state index in [4.69, 9.17) is 0 Å². The number of aryl methyl sites for hydroxylation is 1. The molecule has 1 heterocycles. The predicted molar refractivity (Wildman–Crippen MR) is 62.8 cm³/mol. The zero-order valence-corrected chi connectivity index (χ0v) is 10.3. The van der Waals surface area contributed by atoms with Gasteiger partial charge in [0.25, 0.3) is 0 Å². The number of aromatic nitrogens is 2. The highest BCUT2D eigenvalue weighted by Crippen LogP contribution is 2.21. The molecule has 15 heavy (non-hydrogen) atoms. The molecule has 0 aromatic carbocycles. The van der Waals surface area contributed by atoms with E-state index in [2.05, 4.69) is 36.1 Å². The SMILES string of the molecule is CNC(Cc1nccc(C)n1)C(C)(C)C. The lowest BCUT2D eigenvalue weighted by Crippen LogP contribution is -2.40. The highest BCUT2D eigenvalue weighted by Gasteiger charge is 2.23. The molecule has 3 nitrogen and oxygen atoms in total. The maximum absolute atomic E-state index is 4.42. The fourth-order valence-corrected chi connectivity index (χ4v) is 1.62. The van der Waals surface area contributed by atoms with Crippen molar-refractivity contribution in [1.82, 2.24) is 15.3 Å². The second-order valence-corrected chi connectivity index (χ2v) is 5.03. The van der Waals surface area contributed by atoms with Crippen LogP contribution < -0.4 is 5.32 Å². The van der Waals surface area contributed by atoms with Crippen LogP contribution in [0.1, 0.15) is 32.3 Å². The summed E-state index contributed by atoms with van der Waals surface area (Å²) in [5.41, 5.74) is 1.26. The summed E-state index contributed by atoms with van der Waals surface area (Å²) in [4.78, 5) is 8.71. The quantitative estimate of drug-likeness (QED) is 0.823. The van der Waals surface area contributed by atoms with Crippen molar-refractivity contribution in [2.24, 2.45) is 5.41 Å². The molecule has 1 aromatic heterocycles. The van der Waals surface area contributed by atoms with Crippen molar-refractivity contribution < 1.29 is 0 Å². The first-order chi connectivity index (χ1) is 6.93. The Morgan fingerprint density at radius 2 is 2.07 bits per heavy atom. The number of nitrogens with zero attached hydrogens (tertiary/aromatic N) is 2. The third-order valence-electron chi connectivity index (χ3n) is 2.63. The first kappa shape index (κ1) is 12.1. The summed E-state index contributed by atoms with van der Waals surface area (Å²) in [5.74, 6) is 0.921. The van der Waals surface area contributed by atoms with Crippen molar-refractivity contribution in [3.05, 3.63) is 23.8 Å². The standard InChI is InChI=1S/C12H21N3/c1-9-6-7-14-11(15-9)8-10(13-5)12(2,3)4/h6-7,10,13H,8H2,1-5H3. The molecule has 0 bridgehead atoms. The molecule has 0 radical (unpaired) electrons. The number of hydrogen-bond donors (Lipinski definition) is 1. The maximum atomic E-state index is 4.42. The first-order valence-corrected chi connectivity index (χ1v) is 5.39. The van der Waals surface area contributed by atoms with E-state index in [9.17, 15) is 0 Å². The molecule has 3 heteroatoms. The lowest BCUT2D eigenvalue weighted by atomic mass is 9.85. The Morgan fingerprint density at radius 1 is 1.40 bits per heavy atom. The van der Waals surface area contributed by atoms with E-state index in [1.54, 1.807) is 0 Å². The van der Waals surface area contributed by atoms with E-state index in [0.29, 0.717) is 6.04 Å². The van der Waals surface area contributed by atoms with Crippen LogP contribution in [0, 0.1) is 12.3 Å². The van der Waals surface area contributed by atoms with Gasteiger partial charge in [0.2, 0.25) is 0 Å². The van der Waals surface area contributed by atoms with Crippen LogP contribution >= 0.6 is 0 Å². The molecule has 1 atom stereocenters. The van der Waals surface area contributed by atoms with Gasteiger partial charge in [-0.15, -0.1) is 0 Å². The van der Waals surface area contributed by atoms with Gasteiger partial charge in [-0.05, 0) is 25.5 Å². The summed E-state index contributed by atoms with van der Waals surface area (Å²) in [6, 6.07) is 2.33. The molecule has 0 saturated heterocycles. The molecular weight excluding hydrogens is 186 g/mol. The zero-order valence-electron chi connectivity index (χ0n) is 10.3. The van der Waals surface area contributed by atoms with Gasteiger partial charge in [-0.3, -0.25) is 0 Å². The van der Waals surface area contributed by atoms with Crippen molar-refractivity contribution >= 4 is 0 Å². The van der Waals surface area contributed by atoms with Crippen LogP contribution in [0.4, 0.5) is 0 Å². The van der Waals surface area contributed by atoms with Crippen molar-refractivity contribution in [2.75, 3.05) is 7.05 Å². The molecule has 0 aliphatic carbocycles. The van der Waals surface area contributed by atoms with E-state index in [0.717, 1.165) is 17.9 Å². The van der Waals surface area contributed by atoms with Crippen LogP contribution in [0.5, 0.6) is 0 Å². The minimum Gasteiger partial charge on any atom is -0.316 e. The minimum atomic E-state index is 0.224. The molecule has 1 N–H and O–H groups in total. The van der Waals surface area contributed by atoms with E-state index in [-0.39, 0.29) is 5.41 Å². The second-order valence-electron chi connectivity index (χ2n) is 5.03. The van der Waals surface area contributed by atoms with E-state index in [1.165, 1.54) is 0 Å². The van der Waals surface area contributed by atoms with Gasteiger partial charge in [0, 0.05) is 24.4 Å². The normalized spacial score (nSPS) is 13.9. The Kier molecular flexibility index (Phi) is 3.80. The minimum absolute atomic E-state index is 0.224. The zero-order chi connectivity index (χ0) is 11.5. The smallest absolute Gasteiger partial charge is 0.130 e. The van der Waals surface area contributed by atoms with Crippen LogP contribution in [0.2, 0.25) is 0 Å². The van der Waals surface area contributed by atoms with E-state index >= 15 is 0 Å². The van der Waals surface area contributed by atoms with Crippen molar-refractivity contribution in [3.63, 3.8) is 0 Å². The van der Waals surface area contributed by atoms with E-state index in [1.807, 2.05) is 26.2 Å². The van der Waals surface area contributed by atoms with Gasteiger partial charge < -0.3 is 5.32 Å². The predicted octanol–water partition coefficient (Wildman–Crippen LogP) is 1.96. The molecule has 84 valence electrons. The van der Waals surface area contributed by atoms with Gasteiger partial charge in [-0.25, -0.2) is 9.97 Å². The van der Waals surface area contributed by atoms with Gasteiger partial charge in [-0.2, -0.15) is 0 Å². The Hall–Kier alpha value is -0.960. The molecule has 0 amide bonds. The Morgan fingerprint density at radius 3 is 2.53 bits per heavy atom. The Balaban J connectivity index is 2.76. The highest BCUT2D eigenvalue weighted by atomic mass is 14.9. The Bertz CT molecular complexity index is 315. The topological polar surface area (TPSA) is 37.8 Å². The van der Waals surface area contributed by atoms with Gasteiger partial charge in [0.05, 0.1) is 0 Å². The average molecular weight is 207 g/mol. The number of hydrogen-bond acceptors (Lipinski definition) is 3.